The molecule has 0 aliphatic heterocycles. The number of nitrogens with one attached hydrogen (secondary N) is 1. The van der Waals surface area contributed by atoms with Crippen molar-refractivity contribution in [3.8, 4) is 0 Å². The monoisotopic (exact) mass is 296 g/mol. The molecule has 1 aromatic carbocycles. The van der Waals surface area contributed by atoms with E-state index in [1.807, 2.05) is 41.1 Å². The van der Waals surface area contributed by atoms with Crippen LogP contribution < -0.4 is 5.32 Å². The zero-order chi connectivity index (χ0) is 15.4. The van der Waals surface area contributed by atoms with E-state index in [2.05, 4.69) is 15.5 Å². The third-order valence-corrected chi connectivity index (χ3v) is 3.46. The van der Waals surface area contributed by atoms with Gasteiger partial charge in [-0.15, -0.1) is 0 Å². The number of hydrogen-bond acceptors (Lipinski definition) is 4. The van der Waals surface area contributed by atoms with E-state index in [1.165, 1.54) is 6.20 Å². The average Bonchev–Trinajstić information content (AvgIpc) is 3.19. The van der Waals surface area contributed by atoms with Crippen LogP contribution in [0.2, 0.25) is 0 Å². The van der Waals surface area contributed by atoms with Crippen LogP contribution in [0.4, 0.5) is 0 Å². The van der Waals surface area contributed by atoms with Crippen LogP contribution in [0.15, 0.2) is 59.8 Å². The van der Waals surface area contributed by atoms with Gasteiger partial charge >= 0.3 is 0 Å². The van der Waals surface area contributed by atoms with Gasteiger partial charge in [-0.25, -0.2) is 4.98 Å². The fourth-order valence-electron chi connectivity index (χ4n) is 2.28. The zero-order valence-corrected chi connectivity index (χ0v) is 12.1. The largest absolute Gasteiger partial charge is 0.361 e. The third-order valence-electron chi connectivity index (χ3n) is 3.46. The minimum atomic E-state index is -0.201. The normalized spacial score (nSPS) is 12.0. The maximum Gasteiger partial charge on any atom is 0.257 e. The molecule has 2 aromatic heterocycles. The van der Waals surface area contributed by atoms with Crippen LogP contribution in [0.25, 0.3) is 0 Å². The van der Waals surface area contributed by atoms with Crippen molar-refractivity contribution in [3.05, 3.63) is 72.1 Å². The number of amides is 1. The van der Waals surface area contributed by atoms with Crippen molar-refractivity contribution >= 4 is 5.91 Å². The summed E-state index contributed by atoms with van der Waals surface area (Å²) in [5.41, 5.74) is 1.48. The molecular formula is C16H16N4O2. The van der Waals surface area contributed by atoms with Crippen molar-refractivity contribution in [1.82, 2.24) is 20.0 Å². The van der Waals surface area contributed by atoms with E-state index in [1.54, 1.807) is 19.4 Å². The predicted molar refractivity (Wildman–Crippen MR) is 80.1 cm³/mol. The van der Waals surface area contributed by atoms with Gasteiger partial charge in [0.2, 0.25) is 0 Å². The maximum atomic E-state index is 12.4. The quantitative estimate of drug-likeness (QED) is 0.784. The molecule has 6 nitrogen and oxygen atoms in total. The number of aryl methyl sites for hydroxylation is 1. The molecule has 1 N–H and O–H groups in total. The summed E-state index contributed by atoms with van der Waals surface area (Å²) in [6.45, 7) is 2.31. The lowest BCUT2D eigenvalue weighted by Gasteiger charge is -2.19. The van der Waals surface area contributed by atoms with Gasteiger partial charge in [-0.1, -0.05) is 35.5 Å². The molecule has 0 aliphatic rings. The van der Waals surface area contributed by atoms with Crippen LogP contribution in [0.3, 0.4) is 0 Å². The van der Waals surface area contributed by atoms with Crippen molar-refractivity contribution in [2.75, 3.05) is 0 Å². The number of aromatic nitrogens is 3. The Morgan fingerprint density at radius 3 is 2.82 bits per heavy atom. The van der Waals surface area contributed by atoms with Crippen LogP contribution in [0.5, 0.6) is 0 Å². The molecule has 0 saturated heterocycles. The second-order valence-electron chi connectivity index (χ2n) is 4.99. The molecule has 1 atom stereocenters. The van der Waals surface area contributed by atoms with Gasteiger partial charge in [0.05, 0.1) is 18.6 Å². The lowest BCUT2D eigenvalue weighted by Crippen LogP contribution is -2.31. The summed E-state index contributed by atoms with van der Waals surface area (Å²) < 4.78 is 6.88. The molecule has 6 heteroatoms. The molecule has 3 aromatic rings. The minimum Gasteiger partial charge on any atom is -0.361 e. The summed E-state index contributed by atoms with van der Waals surface area (Å²) >= 11 is 0. The Labute approximate surface area is 127 Å². The van der Waals surface area contributed by atoms with E-state index in [4.69, 9.17) is 4.52 Å². The molecule has 1 unspecified atom stereocenters. The zero-order valence-electron chi connectivity index (χ0n) is 12.1. The fourth-order valence-corrected chi connectivity index (χ4v) is 2.28. The predicted octanol–water partition coefficient (Wildman–Crippen LogP) is 2.35. The van der Waals surface area contributed by atoms with E-state index < -0.39 is 0 Å². The molecule has 0 saturated carbocycles. The first-order valence-corrected chi connectivity index (χ1v) is 6.97. The summed E-state index contributed by atoms with van der Waals surface area (Å²) in [5.74, 6) is 0.305. The maximum absolute atomic E-state index is 12.4. The lowest BCUT2D eigenvalue weighted by atomic mass is 10.1. The Morgan fingerprint density at radius 2 is 2.18 bits per heavy atom. The van der Waals surface area contributed by atoms with Gasteiger partial charge in [-0.05, 0) is 12.5 Å². The topological polar surface area (TPSA) is 73.0 Å². The minimum absolute atomic E-state index is 0.169. The molecule has 0 radical (unpaired) electrons. The molecule has 22 heavy (non-hydrogen) atoms. The Hall–Kier alpha value is -2.89. The second-order valence-corrected chi connectivity index (χ2v) is 4.99. The second kappa shape index (κ2) is 6.26. The van der Waals surface area contributed by atoms with Gasteiger partial charge in [-0.2, -0.15) is 0 Å². The van der Waals surface area contributed by atoms with Gasteiger partial charge in [0.25, 0.3) is 5.91 Å². The summed E-state index contributed by atoms with van der Waals surface area (Å²) in [6, 6.07) is 9.66. The SMILES string of the molecule is Cc1oncc1C(=O)NC(Cn1ccnc1)c1ccccc1. The molecule has 0 bridgehead atoms. The lowest BCUT2D eigenvalue weighted by molar-refractivity contribution is 0.0931. The first-order chi connectivity index (χ1) is 10.7. The first kappa shape index (κ1) is 14.1. The summed E-state index contributed by atoms with van der Waals surface area (Å²) in [5, 5.41) is 6.67. The number of carbonyl (C=O) groups is 1. The molecule has 0 fully saturated rings. The van der Waals surface area contributed by atoms with E-state index >= 15 is 0 Å². The highest BCUT2D eigenvalue weighted by molar-refractivity contribution is 5.95. The van der Waals surface area contributed by atoms with Crippen molar-refractivity contribution < 1.29 is 9.32 Å². The molecule has 0 spiro atoms. The van der Waals surface area contributed by atoms with E-state index in [9.17, 15) is 4.79 Å². The summed E-state index contributed by atoms with van der Waals surface area (Å²) in [6.07, 6.45) is 6.75. The van der Waals surface area contributed by atoms with Crippen LogP contribution in [-0.4, -0.2) is 20.6 Å². The Bertz CT molecular complexity index is 735. The molecule has 1 amide bonds. The van der Waals surface area contributed by atoms with Gasteiger partial charge in [-0.3, -0.25) is 4.79 Å². The van der Waals surface area contributed by atoms with Crippen molar-refractivity contribution in [3.63, 3.8) is 0 Å². The van der Waals surface area contributed by atoms with Gasteiger partial charge in [0.15, 0.2) is 0 Å². The van der Waals surface area contributed by atoms with Crippen LogP contribution in [0, 0.1) is 6.92 Å². The number of imidazole rings is 1. The molecule has 3 rings (SSSR count). The third kappa shape index (κ3) is 3.06. The number of hydrogen-bond donors (Lipinski definition) is 1. The standard InChI is InChI=1S/C16H16N4O2/c1-12-14(9-18-22-12)16(21)19-15(10-20-8-7-17-11-20)13-5-3-2-4-6-13/h2-9,11,15H,10H2,1H3,(H,19,21). The number of carbonyl (C=O) groups excluding carboxylic acids is 1. The van der Waals surface area contributed by atoms with Crippen molar-refractivity contribution in [2.24, 2.45) is 0 Å². The van der Waals surface area contributed by atoms with E-state index in [0.717, 1.165) is 5.56 Å². The van der Waals surface area contributed by atoms with Crippen LogP contribution >= 0.6 is 0 Å². The number of nitrogens with zero attached hydrogens (tertiary/aromatic N) is 3. The summed E-state index contributed by atoms with van der Waals surface area (Å²) in [4.78, 5) is 16.4. The van der Waals surface area contributed by atoms with Gasteiger partial charge in [0.1, 0.15) is 11.3 Å². The average molecular weight is 296 g/mol. The Morgan fingerprint density at radius 1 is 1.36 bits per heavy atom. The highest BCUT2D eigenvalue weighted by Gasteiger charge is 2.19. The fraction of sp³-hybridized carbons (Fsp3) is 0.188. The Kier molecular flexibility index (Phi) is 4.00. The molecule has 112 valence electrons. The van der Waals surface area contributed by atoms with Crippen LogP contribution in [-0.2, 0) is 6.54 Å². The number of rotatable bonds is 5. The highest BCUT2D eigenvalue weighted by Crippen LogP contribution is 2.16. The summed E-state index contributed by atoms with van der Waals surface area (Å²) in [7, 11) is 0. The molecule has 2 heterocycles. The van der Waals surface area contributed by atoms with E-state index in [-0.39, 0.29) is 11.9 Å². The molecular weight excluding hydrogens is 280 g/mol. The van der Waals surface area contributed by atoms with E-state index in [0.29, 0.717) is 17.9 Å². The number of benzene rings is 1. The first-order valence-electron chi connectivity index (χ1n) is 6.97. The van der Waals surface area contributed by atoms with Crippen molar-refractivity contribution in [1.29, 1.82) is 0 Å². The molecule has 0 aliphatic carbocycles. The van der Waals surface area contributed by atoms with Crippen molar-refractivity contribution in [2.45, 2.75) is 19.5 Å². The highest BCUT2D eigenvalue weighted by atomic mass is 16.5. The van der Waals surface area contributed by atoms with Crippen LogP contribution in [0.1, 0.15) is 27.7 Å². The Balaban J connectivity index is 1.82. The smallest absolute Gasteiger partial charge is 0.257 e. The van der Waals surface area contributed by atoms with Gasteiger partial charge in [0, 0.05) is 18.9 Å². The van der Waals surface area contributed by atoms with Gasteiger partial charge < -0.3 is 14.4 Å².